The van der Waals surface area contributed by atoms with E-state index in [1.165, 1.54) is 33.2 Å². The van der Waals surface area contributed by atoms with E-state index in [0.717, 1.165) is 24.2 Å². The summed E-state index contributed by atoms with van der Waals surface area (Å²) < 4.78 is 6.38. The van der Waals surface area contributed by atoms with E-state index in [2.05, 4.69) is 68.5 Å². The standard InChI is InChI=1S/C23H20O/c1-23(2)18-12-5-3-4-10-17(18)21-19(23)13-8-11-16-15-9-6-7-14-20(15)24-22(16)21/h4-10,12-14H,3,11H2,1-2H3. The van der Waals surface area contributed by atoms with Crippen molar-refractivity contribution in [3.8, 4) is 0 Å². The lowest BCUT2D eigenvalue weighted by Crippen LogP contribution is -2.12. The van der Waals surface area contributed by atoms with Crippen LogP contribution in [0.3, 0.4) is 0 Å². The molecule has 0 aliphatic heterocycles. The zero-order chi connectivity index (χ0) is 16.3. The van der Waals surface area contributed by atoms with E-state index >= 15 is 0 Å². The van der Waals surface area contributed by atoms with Crippen LogP contribution in [0.25, 0.3) is 16.5 Å². The van der Waals surface area contributed by atoms with Gasteiger partial charge in [-0.15, -0.1) is 0 Å². The molecule has 0 unspecified atom stereocenters. The maximum absolute atomic E-state index is 6.38. The summed E-state index contributed by atoms with van der Waals surface area (Å²) in [5.41, 5.74) is 7.71. The molecule has 1 aromatic heterocycles. The first-order valence-electron chi connectivity index (χ1n) is 8.68. The van der Waals surface area contributed by atoms with Crippen molar-refractivity contribution in [2.45, 2.75) is 26.7 Å². The number of allylic oxidation sites excluding steroid dienone is 10. The molecule has 2 aromatic rings. The van der Waals surface area contributed by atoms with Crippen molar-refractivity contribution in [2.75, 3.05) is 0 Å². The average molecular weight is 312 g/mol. The number of para-hydroxylation sites is 1. The van der Waals surface area contributed by atoms with E-state index in [1.54, 1.807) is 0 Å². The minimum Gasteiger partial charge on any atom is -0.456 e. The zero-order valence-corrected chi connectivity index (χ0v) is 14.1. The second-order valence-electron chi connectivity index (χ2n) is 7.29. The van der Waals surface area contributed by atoms with Crippen molar-refractivity contribution < 1.29 is 4.42 Å². The summed E-state index contributed by atoms with van der Waals surface area (Å²) in [6.07, 6.45) is 15.6. The molecule has 3 aliphatic carbocycles. The molecule has 1 nitrogen and oxygen atoms in total. The maximum Gasteiger partial charge on any atom is 0.139 e. The van der Waals surface area contributed by atoms with Crippen molar-refractivity contribution >= 4 is 16.5 Å². The normalized spacial score (nSPS) is 20.9. The first-order valence-corrected chi connectivity index (χ1v) is 8.68. The molecule has 0 spiro atoms. The van der Waals surface area contributed by atoms with E-state index in [9.17, 15) is 0 Å². The minimum atomic E-state index is 0.00688. The Kier molecular flexibility index (Phi) is 2.73. The molecular weight excluding hydrogens is 292 g/mol. The van der Waals surface area contributed by atoms with Crippen molar-refractivity contribution in [1.82, 2.24) is 0 Å². The average Bonchev–Trinajstić information content (AvgIpc) is 2.81. The SMILES string of the molecule is CC1(C)C2=C(C=CCC=C2)C2=C1C=CCc1c2oc2ccccc12. The van der Waals surface area contributed by atoms with Gasteiger partial charge in [0.2, 0.25) is 0 Å². The largest absolute Gasteiger partial charge is 0.456 e. The molecule has 0 atom stereocenters. The Balaban J connectivity index is 1.88. The van der Waals surface area contributed by atoms with Crippen LogP contribution < -0.4 is 0 Å². The Hall–Kier alpha value is -2.54. The van der Waals surface area contributed by atoms with Crippen LogP contribution in [-0.2, 0) is 6.42 Å². The first kappa shape index (κ1) is 13.9. The molecule has 0 fully saturated rings. The number of furan rings is 1. The van der Waals surface area contributed by atoms with Crippen LogP contribution in [-0.4, -0.2) is 0 Å². The molecule has 1 aromatic carbocycles. The molecule has 1 heterocycles. The summed E-state index contributed by atoms with van der Waals surface area (Å²) in [5.74, 6) is 1.06. The highest BCUT2D eigenvalue weighted by atomic mass is 16.3. The lowest BCUT2D eigenvalue weighted by atomic mass is 9.79. The summed E-state index contributed by atoms with van der Waals surface area (Å²) in [4.78, 5) is 0. The Morgan fingerprint density at radius 3 is 2.62 bits per heavy atom. The van der Waals surface area contributed by atoms with E-state index < -0.39 is 0 Å². The zero-order valence-electron chi connectivity index (χ0n) is 14.1. The third-order valence-corrected chi connectivity index (χ3v) is 5.55. The lowest BCUT2D eigenvalue weighted by molar-refractivity contribution is 0.573. The molecule has 0 amide bonds. The van der Waals surface area contributed by atoms with E-state index in [-0.39, 0.29) is 5.41 Å². The van der Waals surface area contributed by atoms with Crippen LogP contribution in [0.15, 0.2) is 81.9 Å². The smallest absolute Gasteiger partial charge is 0.139 e. The van der Waals surface area contributed by atoms with Gasteiger partial charge in [0, 0.05) is 21.9 Å². The third-order valence-electron chi connectivity index (χ3n) is 5.55. The number of rotatable bonds is 0. The Morgan fingerprint density at radius 2 is 1.71 bits per heavy atom. The highest BCUT2D eigenvalue weighted by molar-refractivity contribution is 5.97. The topological polar surface area (TPSA) is 13.1 Å². The van der Waals surface area contributed by atoms with Gasteiger partial charge in [-0.3, -0.25) is 0 Å². The predicted octanol–water partition coefficient (Wildman–Crippen LogP) is 6.15. The monoisotopic (exact) mass is 312 g/mol. The predicted molar refractivity (Wildman–Crippen MR) is 99.7 cm³/mol. The summed E-state index contributed by atoms with van der Waals surface area (Å²) >= 11 is 0. The van der Waals surface area contributed by atoms with Gasteiger partial charge in [0.1, 0.15) is 11.3 Å². The molecule has 0 bridgehead atoms. The number of fused-ring (bicyclic) bond motifs is 5. The van der Waals surface area contributed by atoms with Crippen LogP contribution in [0, 0.1) is 5.41 Å². The summed E-state index contributed by atoms with van der Waals surface area (Å²) in [6, 6.07) is 8.40. The summed E-state index contributed by atoms with van der Waals surface area (Å²) in [6.45, 7) is 4.65. The minimum absolute atomic E-state index is 0.00688. The molecule has 1 heteroatoms. The van der Waals surface area contributed by atoms with Gasteiger partial charge in [-0.05, 0) is 35.6 Å². The Morgan fingerprint density at radius 1 is 0.917 bits per heavy atom. The Bertz CT molecular complexity index is 1020. The van der Waals surface area contributed by atoms with Crippen molar-refractivity contribution in [1.29, 1.82) is 0 Å². The van der Waals surface area contributed by atoms with Crippen LogP contribution in [0.4, 0.5) is 0 Å². The molecule has 3 aliphatic rings. The van der Waals surface area contributed by atoms with Crippen molar-refractivity contribution in [3.05, 3.63) is 88.8 Å². The van der Waals surface area contributed by atoms with Gasteiger partial charge in [-0.2, -0.15) is 0 Å². The van der Waals surface area contributed by atoms with Crippen molar-refractivity contribution in [2.24, 2.45) is 5.41 Å². The lowest BCUT2D eigenvalue weighted by Gasteiger charge is -2.24. The van der Waals surface area contributed by atoms with Crippen LogP contribution in [0.5, 0.6) is 0 Å². The van der Waals surface area contributed by atoms with Gasteiger partial charge < -0.3 is 4.42 Å². The molecule has 5 rings (SSSR count). The van der Waals surface area contributed by atoms with Crippen LogP contribution >= 0.6 is 0 Å². The molecule has 0 saturated carbocycles. The van der Waals surface area contributed by atoms with Gasteiger partial charge >= 0.3 is 0 Å². The van der Waals surface area contributed by atoms with Gasteiger partial charge in [-0.1, -0.05) is 68.5 Å². The van der Waals surface area contributed by atoms with E-state index in [0.29, 0.717) is 0 Å². The quantitative estimate of drug-likeness (QED) is 0.568. The first-order chi connectivity index (χ1) is 11.7. The van der Waals surface area contributed by atoms with E-state index in [1.807, 2.05) is 6.07 Å². The summed E-state index contributed by atoms with van der Waals surface area (Å²) in [5, 5.41) is 1.24. The molecule has 0 radical (unpaired) electrons. The highest BCUT2D eigenvalue weighted by Crippen LogP contribution is 2.54. The van der Waals surface area contributed by atoms with Gasteiger partial charge in [0.15, 0.2) is 0 Å². The van der Waals surface area contributed by atoms with Gasteiger partial charge in [0.25, 0.3) is 0 Å². The molecule has 24 heavy (non-hydrogen) atoms. The second kappa shape index (κ2) is 4.73. The number of hydrogen-bond acceptors (Lipinski definition) is 1. The van der Waals surface area contributed by atoms with Crippen LogP contribution in [0.2, 0.25) is 0 Å². The van der Waals surface area contributed by atoms with Crippen molar-refractivity contribution in [3.63, 3.8) is 0 Å². The van der Waals surface area contributed by atoms with E-state index in [4.69, 9.17) is 4.42 Å². The molecule has 0 N–H and O–H groups in total. The highest BCUT2D eigenvalue weighted by Gasteiger charge is 2.40. The van der Waals surface area contributed by atoms with Gasteiger partial charge in [-0.25, -0.2) is 0 Å². The molecular formula is C23H20O. The van der Waals surface area contributed by atoms with Gasteiger partial charge in [0.05, 0.1) is 0 Å². The fourth-order valence-electron chi connectivity index (χ4n) is 4.33. The number of hydrogen-bond donors (Lipinski definition) is 0. The second-order valence-corrected chi connectivity index (χ2v) is 7.29. The maximum atomic E-state index is 6.38. The summed E-state index contributed by atoms with van der Waals surface area (Å²) in [7, 11) is 0. The fourth-order valence-corrected chi connectivity index (χ4v) is 4.33. The van der Waals surface area contributed by atoms with Crippen LogP contribution in [0.1, 0.15) is 31.6 Å². The Labute approximate surface area is 142 Å². The molecule has 118 valence electrons. The number of benzene rings is 1. The molecule has 0 saturated heterocycles. The third kappa shape index (κ3) is 1.70. The fraction of sp³-hybridized carbons (Fsp3) is 0.217.